The summed E-state index contributed by atoms with van der Waals surface area (Å²) in [5.74, 6) is 0.0511. The zero-order valence-corrected chi connectivity index (χ0v) is 13.3. The van der Waals surface area contributed by atoms with E-state index in [1.165, 1.54) is 0 Å². The molecule has 1 atom stereocenters. The van der Waals surface area contributed by atoms with E-state index >= 15 is 0 Å². The van der Waals surface area contributed by atoms with Crippen molar-refractivity contribution in [2.45, 2.75) is 25.3 Å². The summed E-state index contributed by atoms with van der Waals surface area (Å²) in [6.45, 7) is 1.80. The molecule has 4 nitrogen and oxygen atoms in total. The molecule has 0 aliphatic carbocycles. The second kappa shape index (κ2) is 5.39. The molecule has 0 aromatic heterocycles. The van der Waals surface area contributed by atoms with Gasteiger partial charge in [-0.2, -0.15) is 0 Å². The molecule has 1 heterocycles. The normalized spacial score (nSPS) is 23.5. The van der Waals surface area contributed by atoms with E-state index in [4.69, 9.17) is 0 Å². The van der Waals surface area contributed by atoms with Crippen LogP contribution < -0.4 is 5.32 Å². The number of amides is 1. The minimum atomic E-state index is -3.02. The molecular formula is C17H19NO3S. The summed E-state index contributed by atoms with van der Waals surface area (Å²) < 4.78 is 23.2. The second-order valence-corrected chi connectivity index (χ2v) is 8.45. The molecule has 2 aromatic rings. The predicted octanol–water partition coefficient (Wildman–Crippen LogP) is 2.08. The van der Waals surface area contributed by atoms with Gasteiger partial charge in [0.05, 0.1) is 23.5 Å². The lowest BCUT2D eigenvalue weighted by Gasteiger charge is -2.24. The van der Waals surface area contributed by atoms with Gasteiger partial charge in [-0.05, 0) is 29.7 Å². The van der Waals surface area contributed by atoms with Crippen LogP contribution in [0.1, 0.15) is 18.9 Å². The van der Waals surface area contributed by atoms with Crippen molar-refractivity contribution in [3.63, 3.8) is 0 Å². The molecule has 0 radical (unpaired) electrons. The smallest absolute Gasteiger partial charge is 0.224 e. The molecule has 22 heavy (non-hydrogen) atoms. The topological polar surface area (TPSA) is 63.2 Å². The van der Waals surface area contributed by atoms with Gasteiger partial charge >= 0.3 is 0 Å². The Labute approximate surface area is 130 Å². The number of hydrogen-bond donors (Lipinski definition) is 1. The standard InChI is InChI=1S/C17H19NO3S/c1-17(9-10-22(20,21)12-17)18-16(19)11-14-7-4-6-13-5-2-3-8-15(13)14/h2-8H,9-12H2,1H3,(H,18,19). The summed E-state index contributed by atoms with van der Waals surface area (Å²) in [5.41, 5.74) is 0.320. The lowest BCUT2D eigenvalue weighted by atomic mass is 9.99. The molecule has 5 heteroatoms. The number of carbonyl (C=O) groups is 1. The molecule has 1 saturated heterocycles. The number of benzene rings is 2. The summed E-state index contributed by atoms with van der Waals surface area (Å²) >= 11 is 0. The Morgan fingerprint density at radius 2 is 1.91 bits per heavy atom. The van der Waals surface area contributed by atoms with E-state index in [0.29, 0.717) is 6.42 Å². The fraction of sp³-hybridized carbons (Fsp3) is 0.353. The van der Waals surface area contributed by atoms with E-state index in [9.17, 15) is 13.2 Å². The first kappa shape index (κ1) is 15.0. The molecule has 0 bridgehead atoms. The van der Waals surface area contributed by atoms with E-state index in [-0.39, 0.29) is 23.8 Å². The molecule has 1 unspecified atom stereocenters. The van der Waals surface area contributed by atoms with Gasteiger partial charge in [0.2, 0.25) is 5.91 Å². The average molecular weight is 317 g/mol. The quantitative estimate of drug-likeness (QED) is 0.942. The highest BCUT2D eigenvalue weighted by Crippen LogP contribution is 2.24. The second-order valence-electron chi connectivity index (χ2n) is 6.27. The Hall–Kier alpha value is -1.88. The summed E-state index contributed by atoms with van der Waals surface area (Å²) in [6.07, 6.45) is 0.744. The highest BCUT2D eigenvalue weighted by molar-refractivity contribution is 7.91. The Balaban J connectivity index is 1.77. The number of fused-ring (bicyclic) bond motifs is 1. The summed E-state index contributed by atoms with van der Waals surface area (Å²) in [6, 6.07) is 13.8. The Kier molecular flexibility index (Phi) is 3.68. The number of hydrogen-bond acceptors (Lipinski definition) is 3. The van der Waals surface area contributed by atoms with Gasteiger partial charge in [0.15, 0.2) is 9.84 Å². The molecule has 1 fully saturated rings. The fourth-order valence-corrected chi connectivity index (χ4v) is 5.20. The Morgan fingerprint density at radius 3 is 2.64 bits per heavy atom. The molecule has 1 amide bonds. The Bertz CT molecular complexity index is 823. The van der Waals surface area contributed by atoms with E-state index in [1.54, 1.807) is 6.92 Å². The summed E-state index contributed by atoms with van der Waals surface area (Å²) in [5, 5.41) is 5.07. The van der Waals surface area contributed by atoms with Crippen molar-refractivity contribution >= 4 is 26.5 Å². The van der Waals surface area contributed by atoms with Crippen LogP contribution in [-0.2, 0) is 21.1 Å². The van der Waals surface area contributed by atoms with Gasteiger partial charge in [0.1, 0.15) is 0 Å². The number of rotatable bonds is 3. The Morgan fingerprint density at radius 1 is 1.18 bits per heavy atom. The maximum absolute atomic E-state index is 12.3. The maximum atomic E-state index is 12.3. The van der Waals surface area contributed by atoms with Crippen molar-refractivity contribution in [1.82, 2.24) is 5.32 Å². The average Bonchev–Trinajstić information content (AvgIpc) is 2.72. The maximum Gasteiger partial charge on any atom is 0.224 e. The largest absolute Gasteiger partial charge is 0.350 e. The predicted molar refractivity (Wildman–Crippen MR) is 87.5 cm³/mol. The SMILES string of the molecule is CC1(NC(=O)Cc2cccc3ccccc23)CCS(=O)(=O)C1. The monoisotopic (exact) mass is 317 g/mol. The van der Waals surface area contributed by atoms with Gasteiger partial charge in [-0.1, -0.05) is 42.5 Å². The van der Waals surface area contributed by atoms with Gasteiger partial charge in [-0.25, -0.2) is 8.42 Å². The van der Waals surface area contributed by atoms with Crippen LogP contribution in [0.15, 0.2) is 42.5 Å². The number of nitrogens with one attached hydrogen (secondary N) is 1. The van der Waals surface area contributed by atoms with Crippen molar-refractivity contribution in [1.29, 1.82) is 0 Å². The van der Waals surface area contributed by atoms with Crippen molar-refractivity contribution in [2.24, 2.45) is 0 Å². The fourth-order valence-electron chi connectivity index (χ4n) is 3.11. The minimum Gasteiger partial charge on any atom is -0.350 e. The highest BCUT2D eigenvalue weighted by atomic mass is 32.2. The van der Waals surface area contributed by atoms with Crippen molar-refractivity contribution in [2.75, 3.05) is 11.5 Å². The van der Waals surface area contributed by atoms with Gasteiger partial charge in [0, 0.05) is 0 Å². The van der Waals surface area contributed by atoms with Gasteiger partial charge in [-0.15, -0.1) is 0 Å². The molecule has 3 rings (SSSR count). The first-order chi connectivity index (χ1) is 10.4. The molecule has 0 saturated carbocycles. The molecule has 116 valence electrons. The van der Waals surface area contributed by atoms with Gasteiger partial charge in [0.25, 0.3) is 0 Å². The van der Waals surface area contributed by atoms with Crippen LogP contribution in [0.2, 0.25) is 0 Å². The third kappa shape index (κ3) is 3.14. The molecular weight excluding hydrogens is 298 g/mol. The van der Waals surface area contributed by atoms with Crippen LogP contribution in [0.3, 0.4) is 0 Å². The lowest BCUT2D eigenvalue weighted by molar-refractivity contribution is -0.121. The van der Waals surface area contributed by atoms with Crippen LogP contribution >= 0.6 is 0 Å². The third-order valence-corrected chi connectivity index (χ3v) is 6.08. The molecule has 2 aromatic carbocycles. The zero-order valence-electron chi connectivity index (χ0n) is 12.5. The van der Waals surface area contributed by atoms with Gasteiger partial charge < -0.3 is 5.32 Å². The van der Waals surface area contributed by atoms with E-state index < -0.39 is 15.4 Å². The van der Waals surface area contributed by atoms with Crippen LogP contribution in [0.5, 0.6) is 0 Å². The number of carbonyl (C=O) groups excluding carboxylic acids is 1. The third-order valence-electron chi connectivity index (χ3n) is 4.18. The van der Waals surface area contributed by atoms with Crippen LogP contribution in [0.25, 0.3) is 10.8 Å². The van der Waals surface area contributed by atoms with E-state index in [0.717, 1.165) is 16.3 Å². The van der Waals surface area contributed by atoms with E-state index in [2.05, 4.69) is 5.32 Å². The molecule has 0 spiro atoms. The van der Waals surface area contributed by atoms with Crippen LogP contribution in [0, 0.1) is 0 Å². The molecule has 1 aliphatic heterocycles. The zero-order chi connectivity index (χ0) is 15.8. The first-order valence-electron chi connectivity index (χ1n) is 7.35. The number of sulfone groups is 1. The van der Waals surface area contributed by atoms with Crippen molar-refractivity contribution in [3.8, 4) is 0 Å². The summed E-state index contributed by atoms with van der Waals surface area (Å²) in [7, 11) is -3.02. The summed E-state index contributed by atoms with van der Waals surface area (Å²) in [4.78, 5) is 12.3. The van der Waals surface area contributed by atoms with Crippen molar-refractivity contribution in [3.05, 3.63) is 48.0 Å². The minimum absolute atomic E-state index is 0.0290. The lowest BCUT2D eigenvalue weighted by Crippen LogP contribution is -2.47. The van der Waals surface area contributed by atoms with Gasteiger partial charge in [-0.3, -0.25) is 4.79 Å². The van der Waals surface area contributed by atoms with Crippen LogP contribution in [-0.4, -0.2) is 31.4 Å². The highest BCUT2D eigenvalue weighted by Gasteiger charge is 2.39. The van der Waals surface area contributed by atoms with E-state index in [1.807, 2.05) is 42.5 Å². The first-order valence-corrected chi connectivity index (χ1v) is 9.17. The van der Waals surface area contributed by atoms with Crippen LogP contribution in [0.4, 0.5) is 0 Å². The van der Waals surface area contributed by atoms with Crippen molar-refractivity contribution < 1.29 is 13.2 Å². The molecule has 1 N–H and O–H groups in total. The molecule has 1 aliphatic rings.